The molecule has 0 spiro atoms. The molecule has 1 aliphatic heterocycles. The van der Waals surface area contributed by atoms with E-state index in [4.69, 9.17) is 18.9 Å². The average molecular weight is 348 g/mol. The van der Waals surface area contributed by atoms with Gasteiger partial charge in [0, 0.05) is 4.88 Å². The third-order valence-electron chi connectivity index (χ3n) is 3.41. The zero-order valence-corrected chi connectivity index (χ0v) is 14.1. The van der Waals surface area contributed by atoms with Gasteiger partial charge in [0.25, 0.3) is 0 Å². The van der Waals surface area contributed by atoms with Crippen LogP contribution in [0.4, 0.5) is 0 Å². The van der Waals surface area contributed by atoms with Crippen LogP contribution < -0.4 is 14.2 Å². The summed E-state index contributed by atoms with van der Waals surface area (Å²) in [6.07, 6.45) is 0. The largest absolute Gasteiger partial charge is 0.493 e. The normalized spacial score (nSPS) is 12.6. The molecule has 7 heteroatoms. The first-order chi connectivity index (χ1) is 11.6. The maximum absolute atomic E-state index is 12.2. The number of aryl methyl sites for hydroxylation is 1. The van der Waals surface area contributed by atoms with Gasteiger partial charge >= 0.3 is 5.97 Å². The van der Waals surface area contributed by atoms with E-state index in [1.165, 1.54) is 30.6 Å². The van der Waals surface area contributed by atoms with Gasteiger partial charge in [-0.1, -0.05) is 0 Å². The van der Waals surface area contributed by atoms with Gasteiger partial charge in [0.15, 0.2) is 18.1 Å². The minimum atomic E-state index is -0.619. The van der Waals surface area contributed by atoms with Gasteiger partial charge in [0.2, 0.25) is 11.5 Å². The van der Waals surface area contributed by atoms with Crippen molar-refractivity contribution in [3.8, 4) is 17.2 Å². The quantitative estimate of drug-likeness (QED) is 0.611. The van der Waals surface area contributed by atoms with Crippen LogP contribution in [0.1, 0.15) is 24.9 Å². The lowest BCUT2D eigenvalue weighted by molar-refractivity contribution is 0.0474. The van der Waals surface area contributed by atoms with Gasteiger partial charge in [0.1, 0.15) is 13.2 Å². The Bertz CT molecular complexity index is 762. The van der Waals surface area contributed by atoms with Crippen LogP contribution in [0.5, 0.6) is 17.2 Å². The summed E-state index contributed by atoms with van der Waals surface area (Å²) in [4.78, 5) is 25.8. The van der Waals surface area contributed by atoms with Gasteiger partial charge in [-0.05, 0) is 31.2 Å². The molecule has 126 valence electrons. The molecule has 3 rings (SSSR count). The molecule has 0 atom stereocenters. The predicted octanol–water partition coefficient (Wildman–Crippen LogP) is 2.88. The molecule has 0 bridgehead atoms. The van der Waals surface area contributed by atoms with Crippen molar-refractivity contribution >= 4 is 23.1 Å². The van der Waals surface area contributed by atoms with Crippen molar-refractivity contribution in [2.45, 2.75) is 6.92 Å². The Balaban J connectivity index is 1.72. The molecule has 1 aliphatic rings. The topological polar surface area (TPSA) is 71.1 Å². The summed E-state index contributed by atoms with van der Waals surface area (Å²) < 4.78 is 21.3. The number of carbonyl (C=O) groups is 2. The smallest absolute Gasteiger partial charge is 0.338 e. The van der Waals surface area contributed by atoms with Crippen LogP contribution in [-0.2, 0) is 4.74 Å². The molecular formula is C17H16O6S. The molecule has 0 N–H and O–H groups in total. The van der Waals surface area contributed by atoms with E-state index in [1.807, 2.05) is 13.0 Å². The highest BCUT2D eigenvalue weighted by Crippen LogP contribution is 2.40. The molecular weight excluding hydrogens is 332 g/mol. The maximum Gasteiger partial charge on any atom is 0.338 e. The Hall–Kier alpha value is -2.54. The molecule has 0 amide bonds. The van der Waals surface area contributed by atoms with E-state index < -0.39 is 5.97 Å². The van der Waals surface area contributed by atoms with E-state index in [9.17, 15) is 9.59 Å². The highest BCUT2D eigenvalue weighted by atomic mass is 32.1. The molecule has 2 aromatic rings. The van der Waals surface area contributed by atoms with Crippen LogP contribution in [0.3, 0.4) is 0 Å². The number of ether oxygens (including phenoxy) is 4. The fourth-order valence-corrected chi connectivity index (χ4v) is 3.05. The summed E-state index contributed by atoms with van der Waals surface area (Å²) >= 11 is 1.37. The van der Waals surface area contributed by atoms with Gasteiger partial charge in [-0.15, -0.1) is 11.3 Å². The van der Waals surface area contributed by atoms with E-state index in [0.717, 1.165) is 4.88 Å². The molecule has 2 heterocycles. The second-order valence-corrected chi connectivity index (χ2v) is 6.40. The third kappa shape index (κ3) is 3.35. The van der Waals surface area contributed by atoms with E-state index in [-0.39, 0.29) is 18.0 Å². The van der Waals surface area contributed by atoms with Gasteiger partial charge in [-0.25, -0.2) is 4.79 Å². The van der Waals surface area contributed by atoms with Crippen LogP contribution in [-0.4, -0.2) is 38.7 Å². The predicted molar refractivity (Wildman–Crippen MR) is 87.7 cm³/mol. The van der Waals surface area contributed by atoms with Gasteiger partial charge in [-0.2, -0.15) is 0 Å². The summed E-state index contributed by atoms with van der Waals surface area (Å²) in [5.41, 5.74) is 0.242. The molecule has 1 aromatic heterocycles. The molecule has 0 saturated heterocycles. The number of fused-ring (bicyclic) bond motifs is 1. The maximum atomic E-state index is 12.2. The van der Waals surface area contributed by atoms with Crippen LogP contribution in [0, 0.1) is 6.92 Å². The highest BCUT2D eigenvalue weighted by Gasteiger charge is 2.22. The monoisotopic (exact) mass is 348 g/mol. The fourth-order valence-electron chi connectivity index (χ4n) is 2.26. The zero-order chi connectivity index (χ0) is 17.1. The number of hydrogen-bond acceptors (Lipinski definition) is 7. The van der Waals surface area contributed by atoms with E-state index in [2.05, 4.69) is 0 Å². The lowest BCUT2D eigenvalue weighted by Crippen LogP contribution is -2.18. The molecule has 6 nitrogen and oxygen atoms in total. The summed E-state index contributed by atoms with van der Waals surface area (Å²) in [5, 5.41) is 0. The van der Waals surface area contributed by atoms with E-state index in [0.29, 0.717) is 35.3 Å². The SMILES string of the molecule is COc1cc(C(=O)OCC(=O)c2ccc(C)s2)cc2c1OCCO2. The number of benzene rings is 1. The standard InChI is InChI=1S/C17H16O6S/c1-10-3-4-15(24-10)12(18)9-23-17(19)11-7-13(20-2)16-14(8-11)21-5-6-22-16/h3-4,7-8H,5-6,9H2,1-2H3. The number of esters is 1. The lowest BCUT2D eigenvalue weighted by Gasteiger charge is -2.21. The Kier molecular flexibility index (Phi) is 4.71. The summed E-state index contributed by atoms with van der Waals surface area (Å²) in [7, 11) is 1.48. The molecule has 1 aromatic carbocycles. The Morgan fingerprint density at radius 1 is 1.21 bits per heavy atom. The number of carbonyl (C=O) groups excluding carboxylic acids is 2. The molecule has 0 saturated carbocycles. The third-order valence-corrected chi connectivity index (χ3v) is 4.45. The second kappa shape index (κ2) is 6.92. The van der Waals surface area contributed by atoms with Crippen molar-refractivity contribution in [2.75, 3.05) is 26.9 Å². The van der Waals surface area contributed by atoms with Crippen molar-refractivity contribution in [3.05, 3.63) is 39.6 Å². The average Bonchev–Trinajstić information content (AvgIpc) is 3.04. The summed E-state index contributed by atoms with van der Waals surface area (Å²) in [6, 6.07) is 6.61. The molecule has 0 fully saturated rings. The van der Waals surface area contributed by atoms with Gasteiger partial charge in [-0.3, -0.25) is 4.79 Å². The number of methoxy groups -OCH3 is 1. The van der Waals surface area contributed by atoms with Crippen LogP contribution >= 0.6 is 11.3 Å². The molecule has 0 radical (unpaired) electrons. The van der Waals surface area contributed by atoms with Crippen LogP contribution in [0.15, 0.2) is 24.3 Å². The Morgan fingerprint density at radius 3 is 2.71 bits per heavy atom. The van der Waals surface area contributed by atoms with Crippen LogP contribution in [0.25, 0.3) is 0 Å². The summed E-state index contributed by atoms with van der Waals surface area (Å²) in [5.74, 6) is 0.426. The van der Waals surface area contributed by atoms with Gasteiger partial charge < -0.3 is 18.9 Å². The number of thiophene rings is 1. The number of hydrogen-bond donors (Lipinski definition) is 0. The first kappa shape index (κ1) is 16.3. The van der Waals surface area contributed by atoms with E-state index in [1.54, 1.807) is 6.07 Å². The minimum Gasteiger partial charge on any atom is -0.493 e. The zero-order valence-electron chi connectivity index (χ0n) is 13.3. The number of ketones is 1. The second-order valence-electron chi connectivity index (χ2n) is 5.11. The van der Waals surface area contributed by atoms with Crippen molar-refractivity contribution in [1.29, 1.82) is 0 Å². The first-order valence-electron chi connectivity index (χ1n) is 7.33. The highest BCUT2D eigenvalue weighted by molar-refractivity contribution is 7.14. The Labute approximate surface area is 142 Å². The van der Waals surface area contributed by atoms with E-state index >= 15 is 0 Å². The van der Waals surface area contributed by atoms with Crippen molar-refractivity contribution in [1.82, 2.24) is 0 Å². The lowest BCUT2D eigenvalue weighted by atomic mass is 10.1. The Morgan fingerprint density at radius 2 is 2.00 bits per heavy atom. The molecule has 24 heavy (non-hydrogen) atoms. The van der Waals surface area contributed by atoms with Crippen LogP contribution in [0.2, 0.25) is 0 Å². The van der Waals surface area contributed by atoms with Crippen molar-refractivity contribution < 1.29 is 28.5 Å². The molecule has 0 unspecified atom stereocenters. The van der Waals surface area contributed by atoms with Crippen molar-refractivity contribution in [3.63, 3.8) is 0 Å². The van der Waals surface area contributed by atoms with Crippen molar-refractivity contribution in [2.24, 2.45) is 0 Å². The molecule has 0 aliphatic carbocycles. The summed E-state index contributed by atoms with van der Waals surface area (Å²) in [6.45, 7) is 2.41. The fraction of sp³-hybridized carbons (Fsp3) is 0.294. The number of Topliss-reactive ketones (excluding diaryl/α,β-unsaturated/α-hetero) is 1. The van der Waals surface area contributed by atoms with Gasteiger partial charge in [0.05, 0.1) is 17.6 Å². The minimum absolute atomic E-state index is 0.231. The first-order valence-corrected chi connectivity index (χ1v) is 8.14. The number of rotatable bonds is 5.